The number of likely N-dealkylation sites (tertiary alicyclic amines) is 1. The predicted molar refractivity (Wildman–Crippen MR) is 118 cm³/mol. The second-order valence-electron chi connectivity index (χ2n) is 8.09. The number of amides is 1. The standard InChI is InChI=1S/C25H31NO3/c1-5-6-7-9-18-15-21(27)23(20-14-17(4)10-11-19(20)16(2)3)24(28)22(18)25(29)26-12-8-13-26/h10-11,14-15,27-28H,2,5-9,12-13H2,1,3-4H3. The Morgan fingerprint density at radius 3 is 2.48 bits per heavy atom. The first-order valence-electron chi connectivity index (χ1n) is 10.5. The van der Waals surface area contributed by atoms with Gasteiger partial charge in [0.1, 0.15) is 11.5 Å². The highest BCUT2D eigenvalue weighted by Crippen LogP contribution is 2.45. The van der Waals surface area contributed by atoms with E-state index >= 15 is 0 Å². The largest absolute Gasteiger partial charge is 0.507 e. The molecule has 0 bridgehead atoms. The average molecular weight is 394 g/mol. The summed E-state index contributed by atoms with van der Waals surface area (Å²) in [7, 11) is 0. The molecule has 1 aliphatic rings. The number of aromatic hydroxyl groups is 2. The van der Waals surface area contributed by atoms with E-state index in [-0.39, 0.29) is 17.4 Å². The quantitative estimate of drug-likeness (QED) is 0.595. The van der Waals surface area contributed by atoms with E-state index in [1.54, 1.807) is 11.0 Å². The van der Waals surface area contributed by atoms with Gasteiger partial charge in [0.05, 0.1) is 11.1 Å². The van der Waals surface area contributed by atoms with Gasteiger partial charge in [-0.25, -0.2) is 0 Å². The molecule has 4 heteroatoms. The van der Waals surface area contributed by atoms with E-state index in [4.69, 9.17) is 0 Å². The number of allylic oxidation sites excluding steroid dienone is 1. The van der Waals surface area contributed by atoms with Crippen molar-refractivity contribution in [2.45, 2.75) is 52.9 Å². The highest BCUT2D eigenvalue weighted by molar-refractivity contribution is 6.03. The van der Waals surface area contributed by atoms with Crippen molar-refractivity contribution in [1.29, 1.82) is 0 Å². The Labute approximate surface area is 173 Å². The molecule has 0 aliphatic carbocycles. The van der Waals surface area contributed by atoms with Crippen molar-refractivity contribution in [3.05, 3.63) is 53.1 Å². The van der Waals surface area contributed by atoms with Gasteiger partial charge in [0, 0.05) is 13.1 Å². The number of nitrogens with zero attached hydrogens (tertiary/aromatic N) is 1. The van der Waals surface area contributed by atoms with Crippen LogP contribution >= 0.6 is 0 Å². The molecule has 3 rings (SSSR count). The van der Waals surface area contributed by atoms with Crippen LogP contribution in [0.15, 0.2) is 30.8 Å². The lowest BCUT2D eigenvalue weighted by Crippen LogP contribution is -2.42. The highest BCUT2D eigenvalue weighted by Gasteiger charge is 2.30. The SMILES string of the molecule is C=C(C)c1ccc(C)cc1-c1c(O)cc(CCCCC)c(C(=O)N2CCC2)c1O. The Kier molecular flexibility index (Phi) is 6.31. The molecule has 4 nitrogen and oxygen atoms in total. The maximum absolute atomic E-state index is 13.1. The van der Waals surface area contributed by atoms with Crippen molar-refractivity contribution < 1.29 is 15.0 Å². The summed E-state index contributed by atoms with van der Waals surface area (Å²) >= 11 is 0. The number of rotatable bonds is 7. The molecule has 29 heavy (non-hydrogen) atoms. The number of phenols is 2. The molecule has 1 amide bonds. The third-order valence-corrected chi connectivity index (χ3v) is 5.67. The molecule has 0 radical (unpaired) electrons. The molecule has 154 valence electrons. The number of unbranched alkanes of at least 4 members (excludes halogenated alkanes) is 2. The molecule has 0 saturated carbocycles. The molecular formula is C25H31NO3. The first-order valence-corrected chi connectivity index (χ1v) is 10.5. The molecule has 0 atom stereocenters. The van der Waals surface area contributed by atoms with Crippen molar-refractivity contribution in [2.24, 2.45) is 0 Å². The third kappa shape index (κ3) is 4.16. The first kappa shape index (κ1) is 21.0. The number of phenolic OH excluding ortho intramolecular Hbond substituents is 2. The van der Waals surface area contributed by atoms with Gasteiger partial charge < -0.3 is 15.1 Å². The van der Waals surface area contributed by atoms with Crippen molar-refractivity contribution >= 4 is 11.5 Å². The average Bonchev–Trinajstić information content (AvgIpc) is 2.60. The van der Waals surface area contributed by atoms with Crippen molar-refractivity contribution in [3.8, 4) is 22.6 Å². The Bertz CT molecular complexity index is 942. The second kappa shape index (κ2) is 8.73. The highest BCUT2D eigenvalue weighted by atomic mass is 16.3. The van der Waals surface area contributed by atoms with Crippen LogP contribution in [0.25, 0.3) is 16.7 Å². The van der Waals surface area contributed by atoms with Crippen LogP contribution in [0.2, 0.25) is 0 Å². The number of carbonyl (C=O) groups excluding carboxylic acids is 1. The van der Waals surface area contributed by atoms with E-state index in [0.717, 1.165) is 47.9 Å². The molecular weight excluding hydrogens is 362 g/mol. The minimum Gasteiger partial charge on any atom is -0.507 e. The molecule has 1 saturated heterocycles. The molecule has 2 N–H and O–H groups in total. The predicted octanol–water partition coefficient (Wildman–Crippen LogP) is 5.68. The Hall–Kier alpha value is -2.75. The van der Waals surface area contributed by atoms with Crippen LogP contribution in [0.4, 0.5) is 0 Å². The smallest absolute Gasteiger partial charge is 0.257 e. The Morgan fingerprint density at radius 1 is 1.17 bits per heavy atom. The van der Waals surface area contributed by atoms with Crippen LogP contribution < -0.4 is 0 Å². The molecule has 2 aromatic rings. The number of hydrogen-bond acceptors (Lipinski definition) is 3. The maximum Gasteiger partial charge on any atom is 0.257 e. The lowest BCUT2D eigenvalue weighted by atomic mass is 9.88. The van der Waals surface area contributed by atoms with Crippen LogP contribution in [0.5, 0.6) is 11.5 Å². The van der Waals surface area contributed by atoms with E-state index in [1.165, 1.54) is 0 Å². The summed E-state index contributed by atoms with van der Waals surface area (Å²) in [5.41, 5.74) is 4.76. The summed E-state index contributed by atoms with van der Waals surface area (Å²) in [6.45, 7) is 11.4. The van der Waals surface area contributed by atoms with E-state index in [9.17, 15) is 15.0 Å². The third-order valence-electron chi connectivity index (χ3n) is 5.67. The molecule has 1 aliphatic heterocycles. The number of carbonyl (C=O) groups is 1. The second-order valence-corrected chi connectivity index (χ2v) is 8.09. The van der Waals surface area contributed by atoms with E-state index in [1.807, 2.05) is 32.0 Å². The van der Waals surface area contributed by atoms with Gasteiger partial charge in [-0.1, -0.05) is 55.7 Å². The van der Waals surface area contributed by atoms with Crippen LogP contribution in [0.1, 0.15) is 66.6 Å². The minimum atomic E-state index is -0.147. The summed E-state index contributed by atoms with van der Waals surface area (Å²) in [6, 6.07) is 7.51. The molecule has 1 fully saturated rings. The Balaban J connectivity index is 2.20. The van der Waals surface area contributed by atoms with Crippen LogP contribution in [0.3, 0.4) is 0 Å². The number of aryl methyl sites for hydroxylation is 2. The summed E-state index contributed by atoms with van der Waals surface area (Å²) in [4.78, 5) is 14.9. The molecule has 1 heterocycles. The van der Waals surface area contributed by atoms with E-state index < -0.39 is 0 Å². The van der Waals surface area contributed by atoms with Gasteiger partial charge in [-0.3, -0.25) is 4.79 Å². The summed E-state index contributed by atoms with van der Waals surface area (Å²) in [6.07, 6.45) is 4.66. The van der Waals surface area contributed by atoms with Crippen molar-refractivity contribution in [3.63, 3.8) is 0 Å². The summed E-state index contributed by atoms with van der Waals surface area (Å²) in [5, 5.41) is 22.1. The summed E-state index contributed by atoms with van der Waals surface area (Å²) in [5.74, 6) is -0.269. The zero-order chi connectivity index (χ0) is 21.1. The first-order chi connectivity index (χ1) is 13.8. The number of hydrogen-bond donors (Lipinski definition) is 2. The van der Waals surface area contributed by atoms with Gasteiger partial charge in [0.25, 0.3) is 5.91 Å². The molecule has 0 aromatic heterocycles. The molecule has 0 unspecified atom stereocenters. The van der Waals surface area contributed by atoms with Crippen molar-refractivity contribution in [1.82, 2.24) is 4.90 Å². The number of benzene rings is 2. The van der Waals surface area contributed by atoms with Gasteiger partial charge in [-0.05, 0) is 55.9 Å². The van der Waals surface area contributed by atoms with Crippen molar-refractivity contribution in [2.75, 3.05) is 13.1 Å². The molecule has 2 aromatic carbocycles. The van der Waals surface area contributed by atoms with Gasteiger partial charge >= 0.3 is 0 Å². The fraction of sp³-hybridized carbons (Fsp3) is 0.400. The van der Waals surface area contributed by atoms with Gasteiger partial charge in [-0.2, -0.15) is 0 Å². The van der Waals surface area contributed by atoms with Crippen LogP contribution in [-0.2, 0) is 6.42 Å². The van der Waals surface area contributed by atoms with Crippen LogP contribution in [-0.4, -0.2) is 34.1 Å². The normalized spacial score (nSPS) is 13.3. The fourth-order valence-corrected chi connectivity index (χ4v) is 3.89. The van der Waals surface area contributed by atoms with E-state index in [2.05, 4.69) is 13.5 Å². The van der Waals surface area contributed by atoms with Gasteiger partial charge in [-0.15, -0.1) is 0 Å². The lowest BCUT2D eigenvalue weighted by molar-refractivity contribution is 0.0647. The van der Waals surface area contributed by atoms with Gasteiger partial charge in [0.15, 0.2) is 0 Å². The molecule has 0 spiro atoms. The minimum absolute atomic E-state index is 0.00209. The summed E-state index contributed by atoms with van der Waals surface area (Å²) < 4.78 is 0. The zero-order valence-electron chi connectivity index (χ0n) is 17.7. The van der Waals surface area contributed by atoms with E-state index in [0.29, 0.717) is 36.2 Å². The maximum atomic E-state index is 13.1. The Morgan fingerprint density at radius 2 is 1.90 bits per heavy atom. The monoisotopic (exact) mass is 393 g/mol. The fourth-order valence-electron chi connectivity index (χ4n) is 3.89. The lowest BCUT2D eigenvalue weighted by Gasteiger charge is -2.32. The zero-order valence-corrected chi connectivity index (χ0v) is 17.7. The van der Waals surface area contributed by atoms with Crippen LogP contribution in [0, 0.1) is 6.92 Å². The van der Waals surface area contributed by atoms with Gasteiger partial charge in [0.2, 0.25) is 0 Å². The topological polar surface area (TPSA) is 60.8 Å².